The Kier molecular flexibility index (Phi) is 3.65. The maximum Gasteiger partial charge on any atom is 0.172 e. The van der Waals surface area contributed by atoms with Gasteiger partial charge in [-0.05, 0) is 52.5 Å². The minimum absolute atomic E-state index is 0.0968. The van der Waals surface area contributed by atoms with Crippen molar-refractivity contribution in [3.8, 4) is 11.5 Å². The molecule has 3 aromatic carbocycles. The fourth-order valence-electron chi connectivity index (χ4n) is 2.91. The zero-order valence-corrected chi connectivity index (χ0v) is 14.6. The molecule has 0 fully saturated rings. The Morgan fingerprint density at radius 3 is 2.75 bits per heavy atom. The summed E-state index contributed by atoms with van der Waals surface area (Å²) in [5.41, 5.74) is 2.80. The molecular formula is C19H15BrN2O2. The van der Waals surface area contributed by atoms with Crippen LogP contribution < -0.4 is 10.1 Å². The average molecular weight is 383 g/mol. The van der Waals surface area contributed by atoms with Crippen LogP contribution in [-0.4, -0.2) is 17.5 Å². The molecule has 3 aromatic rings. The van der Waals surface area contributed by atoms with Gasteiger partial charge < -0.3 is 15.2 Å². The van der Waals surface area contributed by atoms with Crippen LogP contribution in [-0.2, 0) is 0 Å². The van der Waals surface area contributed by atoms with Crippen LogP contribution in [0, 0.1) is 0 Å². The lowest BCUT2D eigenvalue weighted by molar-refractivity contribution is 0.317. The van der Waals surface area contributed by atoms with Gasteiger partial charge in [-0.2, -0.15) is 0 Å². The average Bonchev–Trinajstić information content (AvgIpc) is 2.59. The third-order valence-electron chi connectivity index (χ3n) is 3.97. The number of aromatic hydroxyl groups is 1. The molecule has 120 valence electrons. The van der Waals surface area contributed by atoms with Crippen molar-refractivity contribution >= 4 is 43.9 Å². The van der Waals surface area contributed by atoms with E-state index in [-0.39, 0.29) is 5.75 Å². The van der Waals surface area contributed by atoms with Crippen molar-refractivity contribution in [3.63, 3.8) is 0 Å². The Morgan fingerprint density at radius 1 is 1.17 bits per heavy atom. The quantitative estimate of drug-likeness (QED) is 0.653. The van der Waals surface area contributed by atoms with Crippen molar-refractivity contribution in [1.82, 2.24) is 0 Å². The van der Waals surface area contributed by atoms with Crippen LogP contribution in [0.25, 0.3) is 10.8 Å². The largest absolute Gasteiger partial charge is 0.503 e. The summed E-state index contributed by atoms with van der Waals surface area (Å²) in [6.45, 7) is 2.36. The summed E-state index contributed by atoms with van der Waals surface area (Å²) >= 11 is 3.38. The Balaban J connectivity index is 1.87. The van der Waals surface area contributed by atoms with Crippen LogP contribution in [0.5, 0.6) is 11.5 Å². The van der Waals surface area contributed by atoms with Gasteiger partial charge in [-0.3, -0.25) is 0 Å². The van der Waals surface area contributed by atoms with E-state index in [9.17, 15) is 5.11 Å². The van der Waals surface area contributed by atoms with E-state index in [2.05, 4.69) is 33.4 Å². The number of benzene rings is 3. The number of ether oxygens (including phenoxy) is 1. The van der Waals surface area contributed by atoms with E-state index in [1.54, 1.807) is 6.07 Å². The van der Waals surface area contributed by atoms with E-state index in [1.165, 1.54) is 0 Å². The van der Waals surface area contributed by atoms with Gasteiger partial charge in [0.1, 0.15) is 5.84 Å². The van der Waals surface area contributed by atoms with E-state index >= 15 is 0 Å². The van der Waals surface area contributed by atoms with Crippen molar-refractivity contribution in [1.29, 1.82) is 0 Å². The van der Waals surface area contributed by atoms with Crippen molar-refractivity contribution in [2.45, 2.75) is 6.92 Å². The molecule has 1 heterocycles. The topological polar surface area (TPSA) is 53.8 Å². The lowest BCUT2D eigenvalue weighted by Crippen LogP contribution is -2.16. The van der Waals surface area contributed by atoms with Crippen LogP contribution in [0.15, 0.2) is 58.0 Å². The molecule has 0 unspecified atom stereocenters. The summed E-state index contributed by atoms with van der Waals surface area (Å²) in [5.74, 6) is 1.26. The number of nitrogens with one attached hydrogen (secondary N) is 1. The molecule has 0 aliphatic carbocycles. The fourth-order valence-corrected chi connectivity index (χ4v) is 3.35. The Labute approximate surface area is 147 Å². The van der Waals surface area contributed by atoms with Gasteiger partial charge in [0.05, 0.1) is 16.8 Å². The van der Waals surface area contributed by atoms with Gasteiger partial charge in [-0.15, -0.1) is 0 Å². The lowest BCUT2D eigenvalue weighted by Gasteiger charge is -2.20. The molecule has 0 saturated heterocycles. The number of phenols is 1. The highest BCUT2D eigenvalue weighted by Gasteiger charge is 2.18. The van der Waals surface area contributed by atoms with E-state index in [1.807, 2.05) is 37.3 Å². The number of hydrogen-bond donors (Lipinski definition) is 2. The van der Waals surface area contributed by atoms with Crippen molar-refractivity contribution in [2.24, 2.45) is 4.99 Å². The van der Waals surface area contributed by atoms with E-state index in [4.69, 9.17) is 9.73 Å². The van der Waals surface area contributed by atoms with Gasteiger partial charge in [0, 0.05) is 16.6 Å². The molecule has 4 nitrogen and oxygen atoms in total. The molecule has 2 N–H and O–H groups in total. The molecule has 0 radical (unpaired) electrons. The molecule has 1 aliphatic rings. The smallest absolute Gasteiger partial charge is 0.172 e. The van der Waals surface area contributed by atoms with Gasteiger partial charge in [-0.25, -0.2) is 4.99 Å². The predicted molar refractivity (Wildman–Crippen MR) is 101 cm³/mol. The van der Waals surface area contributed by atoms with Gasteiger partial charge >= 0.3 is 0 Å². The zero-order chi connectivity index (χ0) is 16.7. The van der Waals surface area contributed by atoms with Crippen LogP contribution in [0.1, 0.15) is 12.5 Å². The standard InChI is InChI=1S/C19H15BrN2O2/c1-2-24-16-10-12(9-13(20)18(16)23)19-21-14-7-3-5-11-6-4-8-15(22-19)17(11)14/h3-10,23H,2H2,1H3,(H,21,22). The van der Waals surface area contributed by atoms with Gasteiger partial charge in [0.25, 0.3) is 0 Å². The third-order valence-corrected chi connectivity index (χ3v) is 4.57. The number of rotatable bonds is 3. The molecule has 4 rings (SSSR count). The summed E-state index contributed by atoms with van der Waals surface area (Å²) in [6, 6.07) is 15.9. The van der Waals surface area contributed by atoms with Crippen molar-refractivity contribution < 1.29 is 9.84 Å². The summed E-state index contributed by atoms with van der Waals surface area (Å²) < 4.78 is 6.09. The Morgan fingerprint density at radius 2 is 1.96 bits per heavy atom. The maximum atomic E-state index is 10.1. The monoisotopic (exact) mass is 382 g/mol. The normalized spacial score (nSPS) is 12.7. The summed E-state index contributed by atoms with van der Waals surface area (Å²) in [7, 11) is 0. The second-order valence-electron chi connectivity index (χ2n) is 5.50. The number of nitrogens with zero attached hydrogens (tertiary/aromatic N) is 1. The van der Waals surface area contributed by atoms with E-state index in [0.29, 0.717) is 16.8 Å². The van der Waals surface area contributed by atoms with Crippen LogP contribution >= 0.6 is 15.9 Å². The van der Waals surface area contributed by atoms with Crippen molar-refractivity contribution in [3.05, 3.63) is 58.6 Å². The summed E-state index contributed by atoms with van der Waals surface area (Å²) in [4.78, 5) is 4.75. The number of amidine groups is 1. The first-order valence-electron chi connectivity index (χ1n) is 7.70. The highest BCUT2D eigenvalue weighted by atomic mass is 79.9. The zero-order valence-electron chi connectivity index (χ0n) is 13.0. The predicted octanol–water partition coefficient (Wildman–Crippen LogP) is 5.21. The van der Waals surface area contributed by atoms with E-state index in [0.717, 1.165) is 33.5 Å². The molecule has 24 heavy (non-hydrogen) atoms. The first-order valence-corrected chi connectivity index (χ1v) is 8.50. The number of hydrogen-bond acceptors (Lipinski definition) is 4. The number of anilines is 1. The number of phenolic OH excluding ortho intramolecular Hbond substituents is 1. The van der Waals surface area contributed by atoms with Crippen LogP contribution in [0.3, 0.4) is 0 Å². The molecule has 0 atom stereocenters. The van der Waals surface area contributed by atoms with Gasteiger partial charge in [0.15, 0.2) is 11.5 Å². The second kappa shape index (κ2) is 5.83. The molecule has 0 spiro atoms. The minimum Gasteiger partial charge on any atom is -0.503 e. The lowest BCUT2D eigenvalue weighted by atomic mass is 10.0. The summed E-state index contributed by atoms with van der Waals surface area (Å²) in [6.07, 6.45) is 0. The first-order chi connectivity index (χ1) is 11.7. The molecule has 1 aliphatic heterocycles. The summed E-state index contributed by atoms with van der Waals surface area (Å²) in [5, 5.41) is 15.8. The minimum atomic E-state index is 0.0968. The Bertz CT molecular complexity index is 977. The van der Waals surface area contributed by atoms with Crippen molar-refractivity contribution in [2.75, 3.05) is 11.9 Å². The van der Waals surface area contributed by atoms with Gasteiger partial charge in [-0.1, -0.05) is 24.3 Å². The molecular weight excluding hydrogens is 368 g/mol. The maximum absolute atomic E-state index is 10.1. The molecule has 0 bridgehead atoms. The van der Waals surface area contributed by atoms with Gasteiger partial charge in [0.2, 0.25) is 0 Å². The highest BCUT2D eigenvalue weighted by molar-refractivity contribution is 9.10. The first kappa shape index (κ1) is 15.0. The van der Waals surface area contributed by atoms with Crippen LogP contribution in [0.4, 0.5) is 11.4 Å². The highest BCUT2D eigenvalue weighted by Crippen LogP contribution is 2.39. The molecule has 5 heteroatoms. The number of aliphatic imine (C=N–C) groups is 1. The third kappa shape index (κ3) is 2.41. The second-order valence-corrected chi connectivity index (χ2v) is 6.36. The molecule has 0 aromatic heterocycles. The SMILES string of the molecule is CCOc1cc(C2=Nc3cccc4cccc(c34)N2)cc(Br)c1O. The molecule has 0 amide bonds. The Hall–Kier alpha value is -2.53. The molecule has 0 saturated carbocycles. The number of halogens is 1. The fraction of sp³-hybridized carbons (Fsp3) is 0.105. The van der Waals surface area contributed by atoms with E-state index < -0.39 is 0 Å². The van der Waals surface area contributed by atoms with Crippen LogP contribution in [0.2, 0.25) is 0 Å².